The Morgan fingerprint density at radius 1 is 1.26 bits per heavy atom. The van der Waals surface area contributed by atoms with Crippen molar-refractivity contribution in [2.45, 2.75) is 51.6 Å². The summed E-state index contributed by atoms with van der Waals surface area (Å²) in [5.74, 6) is -2.48. The number of carbonyl (C=O) groups excluding carboxylic acids is 1. The average molecular weight is 370 g/mol. The van der Waals surface area contributed by atoms with Crippen molar-refractivity contribution in [3.63, 3.8) is 0 Å². The lowest BCUT2D eigenvalue weighted by atomic mass is 9.55. The molecule has 144 valence electrons. The van der Waals surface area contributed by atoms with E-state index in [1.165, 1.54) is 6.92 Å². The lowest BCUT2D eigenvalue weighted by Gasteiger charge is -2.49. The highest BCUT2D eigenvalue weighted by molar-refractivity contribution is 6.08. The molecule has 0 saturated carbocycles. The number of ketones is 1. The normalized spacial score (nSPS) is 27.8. The Morgan fingerprint density at radius 2 is 1.93 bits per heavy atom. The summed E-state index contributed by atoms with van der Waals surface area (Å²) in [7, 11) is 0. The number of benzene rings is 2. The van der Waals surface area contributed by atoms with Crippen molar-refractivity contribution < 1.29 is 24.9 Å². The monoisotopic (exact) mass is 370 g/mol. The quantitative estimate of drug-likeness (QED) is 0.759. The summed E-state index contributed by atoms with van der Waals surface area (Å²) in [6, 6.07) is 8.44. The van der Waals surface area contributed by atoms with Gasteiger partial charge in [0.2, 0.25) is 0 Å². The number of aliphatic hydroxyl groups is 1. The van der Waals surface area contributed by atoms with Crippen LogP contribution in [-0.4, -0.2) is 32.7 Å². The lowest BCUT2D eigenvalue weighted by molar-refractivity contribution is -0.174. The maximum Gasteiger partial charge on any atom is 0.337 e. The zero-order valence-electron chi connectivity index (χ0n) is 16.1. The molecular weight excluding hydrogens is 344 g/mol. The second-order valence-corrected chi connectivity index (χ2v) is 8.32. The van der Waals surface area contributed by atoms with Crippen LogP contribution >= 0.6 is 0 Å². The summed E-state index contributed by atoms with van der Waals surface area (Å²) in [5, 5.41) is 32.8. The van der Waals surface area contributed by atoms with Crippen molar-refractivity contribution in [1.82, 2.24) is 0 Å². The number of aliphatic carboxylic acids is 1. The third kappa shape index (κ3) is 2.64. The van der Waals surface area contributed by atoms with E-state index in [9.17, 15) is 24.9 Å². The summed E-state index contributed by atoms with van der Waals surface area (Å²) < 4.78 is 0. The minimum Gasteiger partial charge on any atom is -0.507 e. The predicted octanol–water partition coefficient (Wildman–Crippen LogP) is 3.89. The van der Waals surface area contributed by atoms with E-state index < -0.39 is 22.9 Å². The first kappa shape index (κ1) is 19.4. The molecule has 0 amide bonds. The molecule has 5 heteroatoms. The number of hydrogen-bond acceptors (Lipinski definition) is 4. The Kier molecular flexibility index (Phi) is 4.55. The van der Waals surface area contributed by atoms with Gasteiger partial charge in [0.1, 0.15) is 5.75 Å². The van der Waals surface area contributed by atoms with E-state index in [2.05, 4.69) is 0 Å². The first-order chi connectivity index (χ1) is 12.5. The Bertz CT molecular complexity index is 932. The molecule has 0 spiro atoms. The van der Waals surface area contributed by atoms with Crippen LogP contribution in [0.4, 0.5) is 0 Å². The van der Waals surface area contributed by atoms with Gasteiger partial charge < -0.3 is 15.3 Å². The molecule has 0 radical (unpaired) electrons. The molecule has 2 aromatic carbocycles. The Balaban J connectivity index is 2.37. The molecule has 5 nitrogen and oxygen atoms in total. The standard InChI is InChI=1S/C22H26O5/c1-12(2)8-9-21(4)17-11-15-14(6-5-7-18(15)23)10-16(17)19(24)13(3)22(21,27)20(25)26/h5-7,10-13,23,27H,8-9H2,1-4H3,(H,25,26)/t13-,21-,22-/m1/s1. The molecule has 0 aliphatic heterocycles. The first-order valence-corrected chi connectivity index (χ1v) is 9.30. The van der Waals surface area contributed by atoms with Crippen molar-refractivity contribution in [1.29, 1.82) is 0 Å². The highest BCUT2D eigenvalue weighted by Crippen LogP contribution is 2.51. The van der Waals surface area contributed by atoms with Crippen molar-refractivity contribution in [2.75, 3.05) is 0 Å². The van der Waals surface area contributed by atoms with Gasteiger partial charge in [-0.05, 0) is 41.5 Å². The first-order valence-electron chi connectivity index (χ1n) is 9.30. The molecule has 0 aromatic heterocycles. The maximum absolute atomic E-state index is 13.0. The topological polar surface area (TPSA) is 94.8 Å². The fourth-order valence-corrected chi connectivity index (χ4v) is 4.40. The van der Waals surface area contributed by atoms with Gasteiger partial charge in [-0.3, -0.25) is 4.79 Å². The number of phenolic OH excluding ortho intramolecular Hbond substituents is 1. The number of carbonyl (C=O) groups is 2. The van der Waals surface area contributed by atoms with Crippen LogP contribution in [0.5, 0.6) is 5.75 Å². The third-order valence-corrected chi connectivity index (χ3v) is 6.26. The Hall–Kier alpha value is -2.40. The van der Waals surface area contributed by atoms with Gasteiger partial charge in [-0.15, -0.1) is 0 Å². The average Bonchev–Trinajstić information content (AvgIpc) is 2.62. The van der Waals surface area contributed by atoms with Crippen molar-refractivity contribution in [3.8, 4) is 5.75 Å². The number of phenols is 1. The molecule has 3 N–H and O–H groups in total. The van der Waals surface area contributed by atoms with E-state index in [-0.39, 0.29) is 11.5 Å². The number of rotatable bonds is 4. The zero-order chi connectivity index (χ0) is 20.1. The van der Waals surface area contributed by atoms with Gasteiger partial charge in [0.25, 0.3) is 0 Å². The summed E-state index contributed by atoms with van der Waals surface area (Å²) >= 11 is 0. The largest absolute Gasteiger partial charge is 0.507 e. The van der Waals surface area contributed by atoms with Crippen molar-refractivity contribution in [3.05, 3.63) is 41.5 Å². The number of fused-ring (bicyclic) bond motifs is 2. The zero-order valence-corrected chi connectivity index (χ0v) is 16.1. The van der Waals surface area contributed by atoms with E-state index in [1.54, 1.807) is 37.3 Å². The smallest absolute Gasteiger partial charge is 0.337 e. The van der Waals surface area contributed by atoms with E-state index in [4.69, 9.17) is 0 Å². The van der Waals surface area contributed by atoms with Crippen LogP contribution in [-0.2, 0) is 10.2 Å². The summed E-state index contributed by atoms with van der Waals surface area (Å²) in [6.45, 7) is 7.28. The minimum atomic E-state index is -2.22. The van der Waals surface area contributed by atoms with Gasteiger partial charge >= 0.3 is 5.97 Å². The van der Waals surface area contributed by atoms with Crippen LogP contribution < -0.4 is 0 Å². The molecule has 3 rings (SSSR count). The highest BCUT2D eigenvalue weighted by atomic mass is 16.4. The lowest BCUT2D eigenvalue weighted by Crippen LogP contribution is -2.64. The van der Waals surface area contributed by atoms with Gasteiger partial charge in [-0.25, -0.2) is 4.79 Å². The number of carboxylic acids is 1. The van der Waals surface area contributed by atoms with Crippen LogP contribution in [0.15, 0.2) is 30.3 Å². The molecule has 0 saturated heterocycles. The fraction of sp³-hybridized carbons (Fsp3) is 0.455. The van der Waals surface area contributed by atoms with E-state index >= 15 is 0 Å². The summed E-state index contributed by atoms with van der Waals surface area (Å²) in [4.78, 5) is 25.2. The number of Topliss-reactive ketones (excluding diaryl/α,β-unsaturated/α-hetero) is 1. The second-order valence-electron chi connectivity index (χ2n) is 8.32. The molecule has 0 bridgehead atoms. The van der Waals surface area contributed by atoms with E-state index in [0.717, 1.165) is 0 Å². The number of hydrogen-bond donors (Lipinski definition) is 3. The Labute approximate surface area is 158 Å². The molecule has 0 unspecified atom stereocenters. The van der Waals surface area contributed by atoms with Gasteiger partial charge in [-0.1, -0.05) is 46.2 Å². The summed E-state index contributed by atoms with van der Waals surface area (Å²) in [5.41, 5.74) is -2.46. The molecule has 0 heterocycles. The van der Waals surface area contributed by atoms with Crippen molar-refractivity contribution in [2.24, 2.45) is 11.8 Å². The van der Waals surface area contributed by atoms with Crippen LogP contribution in [0.3, 0.4) is 0 Å². The van der Waals surface area contributed by atoms with Gasteiger partial charge in [0.05, 0.1) is 5.92 Å². The van der Waals surface area contributed by atoms with Gasteiger partial charge in [0.15, 0.2) is 11.4 Å². The molecule has 1 aliphatic carbocycles. The van der Waals surface area contributed by atoms with Crippen LogP contribution in [0, 0.1) is 11.8 Å². The molecule has 1 aliphatic rings. The summed E-state index contributed by atoms with van der Waals surface area (Å²) in [6.07, 6.45) is 1.11. The second kappa shape index (κ2) is 6.34. The number of carboxylic acid groups (broad SMARTS) is 1. The molecule has 3 atom stereocenters. The third-order valence-electron chi connectivity index (χ3n) is 6.26. The number of aromatic hydroxyl groups is 1. The van der Waals surface area contributed by atoms with Gasteiger partial charge in [0, 0.05) is 16.4 Å². The molecule has 27 heavy (non-hydrogen) atoms. The fourth-order valence-electron chi connectivity index (χ4n) is 4.40. The molecule has 0 fully saturated rings. The van der Waals surface area contributed by atoms with Crippen LogP contribution in [0.25, 0.3) is 10.8 Å². The van der Waals surface area contributed by atoms with E-state index in [0.29, 0.717) is 40.7 Å². The van der Waals surface area contributed by atoms with Gasteiger partial charge in [-0.2, -0.15) is 0 Å². The molecule has 2 aromatic rings. The Morgan fingerprint density at radius 3 is 2.52 bits per heavy atom. The van der Waals surface area contributed by atoms with Crippen molar-refractivity contribution >= 4 is 22.5 Å². The van der Waals surface area contributed by atoms with Crippen LogP contribution in [0.1, 0.15) is 56.5 Å². The van der Waals surface area contributed by atoms with Crippen LogP contribution in [0.2, 0.25) is 0 Å². The van der Waals surface area contributed by atoms with E-state index in [1.807, 2.05) is 13.8 Å². The predicted molar refractivity (Wildman–Crippen MR) is 103 cm³/mol. The SMILES string of the molecule is CC(C)CC[C@]1(C)c2cc3c(O)cccc3cc2C(=O)[C@@H](C)[C@@]1(O)C(=O)O. The minimum absolute atomic E-state index is 0.0615. The highest BCUT2D eigenvalue weighted by Gasteiger charge is 2.62. The maximum atomic E-state index is 13.0. The molecular formula is C22H26O5.